The lowest BCUT2D eigenvalue weighted by Gasteiger charge is -2.04. The van der Waals surface area contributed by atoms with Gasteiger partial charge in [-0.25, -0.2) is 9.97 Å². The van der Waals surface area contributed by atoms with Crippen molar-refractivity contribution in [2.24, 2.45) is 0 Å². The molecule has 0 spiro atoms. The molecule has 16 heavy (non-hydrogen) atoms. The molecule has 0 unspecified atom stereocenters. The first kappa shape index (κ1) is 10.9. The summed E-state index contributed by atoms with van der Waals surface area (Å²) in [6, 6.07) is 1.99. The van der Waals surface area contributed by atoms with Gasteiger partial charge < -0.3 is 10.5 Å². The molecule has 0 aromatic carbocycles. The van der Waals surface area contributed by atoms with Crippen LogP contribution >= 0.6 is 0 Å². The van der Waals surface area contributed by atoms with Gasteiger partial charge >= 0.3 is 0 Å². The number of nitrogens with zero attached hydrogens (tertiary/aromatic N) is 3. The van der Waals surface area contributed by atoms with Gasteiger partial charge in [-0.2, -0.15) is 0 Å². The van der Waals surface area contributed by atoms with Gasteiger partial charge in [0, 0.05) is 26.5 Å². The van der Waals surface area contributed by atoms with Crippen molar-refractivity contribution in [2.75, 3.05) is 19.5 Å². The van der Waals surface area contributed by atoms with Gasteiger partial charge in [0.25, 0.3) is 0 Å². The Bertz CT molecular complexity index is 492. The molecule has 0 aliphatic heterocycles. The second-order valence-corrected chi connectivity index (χ2v) is 3.82. The van der Waals surface area contributed by atoms with Crippen LogP contribution in [-0.2, 0) is 11.3 Å². The van der Waals surface area contributed by atoms with Crippen LogP contribution in [0.3, 0.4) is 0 Å². The first-order valence-corrected chi connectivity index (χ1v) is 5.29. The van der Waals surface area contributed by atoms with Crippen LogP contribution in [0.4, 0.5) is 5.95 Å². The van der Waals surface area contributed by atoms with E-state index in [1.54, 1.807) is 7.11 Å². The standard InChI is InChI=1S/C11H16N4O/c1-8-6-9-10(13-7-8)15(11(12)14-9)4-3-5-16-2/h6-7H,3-5H2,1-2H3,(H2,12,14). The van der Waals surface area contributed by atoms with Crippen molar-refractivity contribution in [1.82, 2.24) is 14.5 Å². The summed E-state index contributed by atoms with van der Waals surface area (Å²) in [4.78, 5) is 8.65. The van der Waals surface area contributed by atoms with Crippen molar-refractivity contribution in [3.8, 4) is 0 Å². The normalized spacial score (nSPS) is 11.1. The summed E-state index contributed by atoms with van der Waals surface area (Å²) in [5.41, 5.74) is 8.65. The highest BCUT2D eigenvalue weighted by Crippen LogP contribution is 2.16. The third kappa shape index (κ3) is 1.99. The van der Waals surface area contributed by atoms with E-state index in [-0.39, 0.29) is 0 Å². The Kier molecular flexibility index (Phi) is 3.05. The summed E-state index contributed by atoms with van der Waals surface area (Å²) in [5, 5.41) is 0. The highest BCUT2D eigenvalue weighted by Gasteiger charge is 2.08. The highest BCUT2D eigenvalue weighted by molar-refractivity contribution is 5.74. The van der Waals surface area contributed by atoms with Crippen LogP contribution in [0, 0.1) is 6.92 Å². The van der Waals surface area contributed by atoms with Crippen LogP contribution < -0.4 is 5.73 Å². The van der Waals surface area contributed by atoms with Gasteiger partial charge in [-0.15, -0.1) is 0 Å². The van der Waals surface area contributed by atoms with E-state index in [4.69, 9.17) is 10.5 Å². The van der Waals surface area contributed by atoms with E-state index < -0.39 is 0 Å². The van der Waals surface area contributed by atoms with Crippen LogP contribution in [0.5, 0.6) is 0 Å². The largest absolute Gasteiger partial charge is 0.385 e. The molecule has 0 bridgehead atoms. The molecule has 0 aliphatic carbocycles. The first-order chi connectivity index (χ1) is 7.72. The van der Waals surface area contributed by atoms with Gasteiger partial charge in [0.2, 0.25) is 5.95 Å². The Hall–Kier alpha value is -1.62. The predicted octanol–water partition coefficient (Wildman–Crippen LogP) is 1.36. The fraction of sp³-hybridized carbons (Fsp3) is 0.455. The highest BCUT2D eigenvalue weighted by atomic mass is 16.5. The Morgan fingerprint density at radius 1 is 1.50 bits per heavy atom. The van der Waals surface area contributed by atoms with E-state index in [9.17, 15) is 0 Å². The number of anilines is 1. The van der Waals surface area contributed by atoms with Gasteiger partial charge in [-0.05, 0) is 25.0 Å². The molecule has 2 N–H and O–H groups in total. The lowest BCUT2D eigenvalue weighted by molar-refractivity contribution is 0.191. The minimum atomic E-state index is 0.518. The third-order valence-corrected chi connectivity index (χ3v) is 2.48. The smallest absolute Gasteiger partial charge is 0.202 e. The van der Waals surface area contributed by atoms with Crippen LogP contribution in [0.15, 0.2) is 12.3 Å². The molecule has 0 amide bonds. The Morgan fingerprint density at radius 3 is 3.06 bits per heavy atom. The summed E-state index contributed by atoms with van der Waals surface area (Å²) in [6.07, 6.45) is 2.73. The molecule has 2 heterocycles. The number of aromatic nitrogens is 3. The summed E-state index contributed by atoms with van der Waals surface area (Å²) >= 11 is 0. The molecule has 0 aliphatic rings. The number of nitrogens with two attached hydrogens (primary N) is 1. The summed E-state index contributed by atoms with van der Waals surface area (Å²) in [5.74, 6) is 0.518. The second-order valence-electron chi connectivity index (χ2n) is 3.82. The number of rotatable bonds is 4. The van der Waals surface area contributed by atoms with E-state index >= 15 is 0 Å². The fourth-order valence-electron chi connectivity index (χ4n) is 1.72. The molecule has 86 valence electrons. The zero-order chi connectivity index (χ0) is 11.5. The third-order valence-electron chi connectivity index (χ3n) is 2.48. The summed E-state index contributed by atoms with van der Waals surface area (Å²) in [6.45, 7) is 3.49. The van der Waals surface area contributed by atoms with Crippen LogP contribution in [0.2, 0.25) is 0 Å². The van der Waals surface area contributed by atoms with Crippen molar-refractivity contribution in [3.63, 3.8) is 0 Å². The molecule has 0 radical (unpaired) electrons. The lowest BCUT2D eigenvalue weighted by Crippen LogP contribution is -2.06. The average Bonchev–Trinajstić information content (AvgIpc) is 2.55. The number of hydrogen-bond donors (Lipinski definition) is 1. The Balaban J connectivity index is 2.32. The molecular weight excluding hydrogens is 204 g/mol. The SMILES string of the molecule is COCCCn1c(N)nc2cc(C)cnc21. The molecule has 0 saturated heterocycles. The van der Waals surface area contributed by atoms with E-state index in [1.165, 1.54) is 0 Å². The number of methoxy groups -OCH3 is 1. The maximum atomic E-state index is 5.86. The van der Waals surface area contributed by atoms with E-state index in [2.05, 4.69) is 9.97 Å². The van der Waals surface area contributed by atoms with Crippen LogP contribution in [-0.4, -0.2) is 28.3 Å². The van der Waals surface area contributed by atoms with Crippen molar-refractivity contribution < 1.29 is 4.74 Å². The maximum absolute atomic E-state index is 5.86. The second kappa shape index (κ2) is 4.49. The first-order valence-electron chi connectivity index (χ1n) is 5.29. The maximum Gasteiger partial charge on any atom is 0.202 e. The fourth-order valence-corrected chi connectivity index (χ4v) is 1.72. The summed E-state index contributed by atoms with van der Waals surface area (Å²) < 4.78 is 6.94. The number of fused-ring (bicyclic) bond motifs is 1. The molecule has 2 aromatic rings. The molecule has 5 heteroatoms. The molecular formula is C11H16N4O. The number of ether oxygens (including phenoxy) is 1. The molecule has 5 nitrogen and oxygen atoms in total. The Morgan fingerprint density at radius 2 is 2.31 bits per heavy atom. The minimum Gasteiger partial charge on any atom is -0.385 e. The lowest BCUT2D eigenvalue weighted by atomic mass is 10.3. The van der Waals surface area contributed by atoms with Gasteiger partial charge in [0.1, 0.15) is 5.52 Å². The average molecular weight is 220 g/mol. The van der Waals surface area contributed by atoms with Crippen molar-refractivity contribution in [1.29, 1.82) is 0 Å². The number of aryl methyl sites for hydroxylation is 2. The molecule has 0 fully saturated rings. The van der Waals surface area contributed by atoms with Crippen LogP contribution in [0.1, 0.15) is 12.0 Å². The molecule has 0 saturated carbocycles. The minimum absolute atomic E-state index is 0.518. The topological polar surface area (TPSA) is 66.0 Å². The number of nitrogen functional groups attached to an aromatic ring is 1. The van der Waals surface area contributed by atoms with Gasteiger partial charge in [0.15, 0.2) is 5.65 Å². The number of pyridine rings is 1. The van der Waals surface area contributed by atoms with Gasteiger partial charge in [-0.1, -0.05) is 0 Å². The van der Waals surface area contributed by atoms with Gasteiger partial charge in [0.05, 0.1) is 0 Å². The molecule has 2 rings (SSSR count). The van der Waals surface area contributed by atoms with Crippen molar-refractivity contribution in [3.05, 3.63) is 17.8 Å². The van der Waals surface area contributed by atoms with E-state index in [0.29, 0.717) is 12.6 Å². The van der Waals surface area contributed by atoms with Gasteiger partial charge in [-0.3, -0.25) is 4.57 Å². The molecule has 0 atom stereocenters. The van der Waals surface area contributed by atoms with E-state index in [1.807, 2.05) is 23.8 Å². The van der Waals surface area contributed by atoms with Crippen molar-refractivity contribution >= 4 is 17.1 Å². The monoisotopic (exact) mass is 220 g/mol. The quantitative estimate of drug-likeness (QED) is 0.790. The van der Waals surface area contributed by atoms with Crippen molar-refractivity contribution in [2.45, 2.75) is 19.9 Å². The Labute approximate surface area is 94.2 Å². The molecule has 2 aromatic heterocycles. The number of hydrogen-bond acceptors (Lipinski definition) is 4. The zero-order valence-corrected chi connectivity index (χ0v) is 9.60. The number of imidazole rings is 1. The zero-order valence-electron chi connectivity index (χ0n) is 9.60. The van der Waals surface area contributed by atoms with E-state index in [0.717, 1.165) is 29.7 Å². The van der Waals surface area contributed by atoms with Crippen LogP contribution in [0.25, 0.3) is 11.2 Å². The summed E-state index contributed by atoms with van der Waals surface area (Å²) in [7, 11) is 1.69. The predicted molar refractivity (Wildman–Crippen MR) is 63.2 cm³/mol.